The number of carbonyl (C=O) groups is 1. The van der Waals surface area contributed by atoms with E-state index in [1.807, 2.05) is 6.92 Å². The maximum atomic E-state index is 11.0. The first-order chi connectivity index (χ1) is 4.30. The second kappa shape index (κ2) is 2.81. The first-order valence-corrected chi connectivity index (χ1v) is 3.48. The highest BCUT2D eigenvalue weighted by molar-refractivity contribution is 5.81. The smallest absolute Gasteiger partial charge is 0.136 e. The van der Waals surface area contributed by atoms with Crippen LogP contribution < -0.4 is 0 Å². The lowest BCUT2D eigenvalue weighted by atomic mass is 10.0. The summed E-state index contributed by atoms with van der Waals surface area (Å²) in [7, 11) is 0. The van der Waals surface area contributed by atoms with Crippen LogP contribution in [0.15, 0.2) is 12.2 Å². The third-order valence-corrected chi connectivity index (χ3v) is 1.76. The van der Waals surface area contributed by atoms with E-state index >= 15 is 0 Å². The van der Waals surface area contributed by atoms with Crippen molar-refractivity contribution < 1.29 is 4.79 Å². The maximum Gasteiger partial charge on any atom is 0.136 e. The van der Waals surface area contributed by atoms with Crippen molar-refractivity contribution in [3.8, 4) is 0 Å². The average molecular weight is 124 g/mol. The minimum absolute atomic E-state index is 0.267. The first kappa shape index (κ1) is 6.53. The Hall–Kier alpha value is -0.590. The number of Topliss-reactive ketones (excluding diaryl/α,β-unsaturated/α-hetero) is 1. The molecule has 0 aromatic rings. The molecule has 1 nitrogen and oxygen atoms in total. The molecule has 0 aromatic heterocycles. The van der Waals surface area contributed by atoms with Crippen LogP contribution in [0.1, 0.15) is 26.2 Å². The number of hydrogen-bond acceptors (Lipinski definition) is 1. The molecule has 0 spiro atoms. The van der Waals surface area contributed by atoms with Gasteiger partial charge in [-0.1, -0.05) is 19.1 Å². The lowest BCUT2D eigenvalue weighted by Crippen LogP contribution is -2.07. The van der Waals surface area contributed by atoms with Gasteiger partial charge in [-0.2, -0.15) is 0 Å². The largest absolute Gasteiger partial charge is 0.299 e. The molecule has 0 heterocycles. The zero-order valence-corrected chi connectivity index (χ0v) is 5.76. The molecule has 0 saturated carbocycles. The van der Waals surface area contributed by atoms with Gasteiger partial charge in [0.1, 0.15) is 5.78 Å². The summed E-state index contributed by atoms with van der Waals surface area (Å²) < 4.78 is 0. The van der Waals surface area contributed by atoms with E-state index in [2.05, 4.69) is 12.2 Å². The van der Waals surface area contributed by atoms with Crippen LogP contribution in [0.25, 0.3) is 0 Å². The Morgan fingerprint density at radius 2 is 2.33 bits per heavy atom. The molecule has 1 unspecified atom stereocenters. The Bertz CT molecular complexity index is 136. The zero-order chi connectivity index (χ0) is 6.69. The van der Waals surface area contributed by atoms with Gasteiger partial charge < -0.3 is 0 Å². The van der Waals surface area contributed by atoms with Gasteiger partial charge in [0.05, 0.1) is 0 Å². The van der Waals surface area contributed by atoms with E-state index < -0.39 is 0 Å². The molecule has 0 saturated heterocycles. The molecule has 1 atom stereocenters. The van der Waals surface area contributed by atoms with Gasteiger partial charge in [-0.15, -0.1) is 0 Å². The van der Waals surface area contributed by atoms with Crippen molar-refractivity contribution in [3.05, 3.63) is 12.2 Å². The number of hydrogen-bond donors (Lipinski definition) is 0. The summed E-state index contributed by atoms with van der Waals surface area (Å²) in [5.41, 5.74) is 0. The second-order valence-electron chi connectivity index (χ2n) is 2.61. The average Bonchev–Trinajstić information content (AvgIpc) is 1.99. The fourth-order valence-electron chi connectivity index (χ4n) is 1.02. The lowest BCUT2D eigenvalue weighted by Gasteiger charge is -2.01. The number of ketones is 1. The van der Waals surface area contributed by atoms with Gasteiger partial charge in [0, 0.05) is 12.3 Å². The normalized spacial score (nSPS) is 28.1. The van der Waals surface area contributed by atoms with Crippen molar-refractivity contribution in [2.45, 2.75) is 26.2 Å². The van der Waals surface area contributed by atoms with Gasteiger partial charge in [0.25, 0.3) is 0 Å². The molecule has 1 aliphatic carbocycles. The Morgan fingerprint density at radius 1 is 1.56 bits per heavy atom. The van der Waals surface area contributed by atoms with E-state index in [9.17, 15) is 4.79 Å². The van der Waals surface area contributed by atoms with Crippen molar-refractivity contribution in [1.29, 1.82) is 0 Å². The molecule has 0 fully saturated rings. The van der Waals surface area contributed by atoms with Gasteiger partial charge in [-0.3, -0.25) is 4.79 Å². The van der Waals surface area contributed by atoms with Crippen molar-refractivity contribution in [3.63, 3.8) is 0 Å². The highest BCUT2D eigenvalue weighted by Gasteiger charge is 2.11. The van der Waals surface area contributed by atoms with Crippen molar-refractivity contribution in [1.82, 2.24) is 0 Å². The molecule has 0 aliphatic heterocycles. The second-order valence-corrected chi connectivity index (χ2v) is 2.61. The summed E-state index contributed by atoms with van der Waals surface area (Å²) in [5, 5.41) is 0. The van der Waals surface area contributed by atoms with E-state index in [0.29, 0.717) is 5.78 Å². The minimum Gasteiger partial charge on any atom is -0.299 e. The Labute approximate surface area is 55.8 Å². The summed E-state index contributed by atoms with van der Waals surface area (Å²) in [4.78, 5) is 11.0. The molecule has 9 heavy (non-hydrogen) atoms. The van der Waals surface area contributed by atoms with E-state index in [1.165, 1.54) is 0 Å². The first-order valence-electron chi connectivity index (χ1n) is 3.48. The van der Waals surface area contributed by atoms with E-state index in [0.717, 1.165) is 19.3 Å². The third-order valence-electron chi connectivity index (χ3n) is 1.76. The van der Waals surface area contributed by atoms with Crippen LogP contribution in [0.5, 0.6) is 0 Å². The fraction of sp³-hybridized carbons (Fsp3) is 0.625. The third kappa shape index (κ3) is 1.67. The maximum absolute atomic E-state index is 11.0. The Balaban J connectivity index is 2.52. The minimum atomic E-state index is 0.267. The summed E-state index contributed by atoms with van der Waals surface area (Å²) >= 11 is 0. The summed E-state index contributed by atoms with van der Waals surface area (Å²) in [5.74, 6) is 0.684. The van der Waals surface area contributed by atoms with Crippen LogP contribution in [0.3, 0.4) is 0 Å². The summed E-state index contributed by atoms with van der Waals surface area (Å²) in [6.07, 6.45) is 6.84. The monoisotopic (exact) mass is 124 g/mol. The predicted molar refractivity (Wildman–Crippen MR) is 37.2 cm³/mol. The summed E-state index contributed by atoms with van der Waals surface area (Å²) in [6.45, 7) is 2.00. The molecule has 0 bridgehead atoms. The number of carbonyl (C=O) groups excluding carboxylic acids is 1. The fourth-order valence-corrected chi connectivity index (χ4v) is 1.02. The van der Waals surface area contributed by atoms with E-state index in [1.54, 1.807) is 0 Å². The van der Waals surface area contributed by atoms with Crippen LogP contribution in [0.4, 0.5) is 0 Å². The van der Waals surface area contributed by atoms with Gasteiger partial charge in [-0.05, 0) is 12.8 Å². The molecular formula is C8H12O. The summed E-state index contributed by atoms with van der Waals surface area (Å²) in [6, 6.07) is 0. The predicted octanol–water partition coefficient (Wildman–Crippen LogP) is 1.93. The highest BCUT2D eigenvalue weighted by atomic mass is 16.1. The van der Waals surface area contributed by atoms with Gasteiger partial charge >= 0.3 is 0 Å². The van der Waals surface area contributed by atoms with Crippen molar-refractivity contribution in [2.75, 3.05) is 0 Å². The van der Waals surface area contributed by atoms with Crippen LogP contribution in [0.2, 0.25) is 0 Å². The van der Waals surface area contributed by atoms with Gasteiger partial charge in [0.2, 0.25) is 0 Å². The van der Waals surface area contributed by atoms with Gasteiger partial charge in [-0.25, -0.2) is 0 Å². The molecule has 1 rings (SSSR count). The number of allylic oxidation sites excluding steroid dienone is 2. The van der Waals surface area contributed by atoms with Crippen molar-refractivity contribution in [2.24, 2.45) is 5.92 Å². The topological polar surface area (TPSA) is 17.1 Å². The van der Waals surface area contributed by atoms with Crippen LogP contribution in [0, 0.1) is 5.92 Å². The van der Waals surface area contributed by atoms with Crippen LogP contribution in [-0.4, -0.2) is 5.78 Å². The molecule has 50 valence electrons. The molecule has 0 amide bonds. The molecule has 1 heteroatoms. The SMILES string of the molecule is CC1CC=CCCC1=O. The van der Waals surface area contributed by atoms with Crippen molar-refractivity contribution >= 4 is 5.78 Å². The van der Waals surface area contributed by atoms with Crippen LogP contribution in [-0.2, 0) is 4.79 Å². The van der Waals surface area contributed by atoms with Crippen LogP contribution >= 0.6 is 0 Å². The van der Waals surface area contributed by atoms with Gasteiger partial charge in [0.15, 0.2) is 0 Å². The Morgan fingerprint density at radius 3 is 3.11 bits per heavy atom. The molecule has 0 aromatic carbocycles. The molecule has 1 aliphatic rings. The van der Waals surface area contributed by atoms with E-state index in [4.69, 9.17) is 0 Å². The lowest BCUT2D eigenvalue weighted by molar-refractivity contribution is -0.122. The Kier molecular flexibility index (Phi) is 2.04. The van der Waals surface area contributed by atoms with E-state index in [-0.39, 0.29) is 5.92 Å². The molecular weight excluding hydrogens is 112 g/mol. The molecule has 0 radical (unpaired) electrons. The molecule has 0 N–H and O–H groups in total. The quantitative estimate of drug-likeness (QED) is 0.451. The standard InChI is InChI=1S/C8H12O/c1-7-5-3-2-4-6-8(7)9/h2-3,7H,4-6H2,1H3. The number of rotatable bonds is 0. The zero-order valence-electron chi connectivity index (χ0n) is 5.76. The highest BCUT2D eigenvalue weighted by Crippen LogP contribution is 2.12.